The summed E-state index contributed by atoms with van der Waals surface area (Å²) in [5.74, 6) is 0.854. The zero-order valence-electron chi connectivity index (χ0n) is 13.5. The fourth-order valence-corrected chi connectivity index (χ4v) is 3.19. The van der Waals surface area contributed by atoms with Crippen LogP contribution in [0.1, 0.15) is 5.56 Å². The number of hydrogen-bond acceptors (Lipinski definition) is 4. The zero-order valence-corrected chi connectivity index (χ0v) is 14.3. The number of rotatable bonds is 5. The molecule has 0 saturated heterocycles. The van der Waals surface area contributed by atoms with Crippen molar-refractivity contribution in [2.24, 2.45) is 0 Å². The first-order valence-electron chi connectivity index (χ1n) is 8.03. The molecule has 1 aromatic heterocycles. The monoisotopic (exact) mass is 344 g/mol. The molecule has 0 saturated carbocycles. The Balaban J connectivity index is 1.42. The molecule has 25 heavy (non-hydrogen) atoms. The van der Waals surface area contributed by atoms with E-state index in [0.717, 1.165) is 32.3 Å². The van der Waals surface area contributed by atoms with Crippen molar-refractivity contribution in [1.29, 1.82) is 0 Å². The molecule has 0 atom stereocenters. The van der Waals surface area contributed by atoms with Crippen LogP contribution >= 0.6 is 11.8 Å². The van der Waals surface area contributed by atoms with Crippen LogP contribution in [-0.2, 0) is 6.61 Å². The SMILES string of the molecule is c1ccc(COc2ccc(Sc3ncc4ccccc4n3)cc2)cc1. The minimum absolute atomic E-state index is 0.571. The van der Waals surface area contributed by atoms with Crippen LogP contribution < -0.4 is 4.74 Å². The van der Waals surface area contributed by atoms with E-state index in [0.29, 0.717) is 6.61 Å². The minimum Gasteiger partial charge on any atom is -0.489 e. The average Bonchev–Trinajstić information content (AvgIpc) is 2.68. The predicted molar refractivity (Wildman–Crippen MR) is 101 cm³/mol. The van der Waals surface area contributed by atoms with Crippen LogP contribution in [0.25, 0.3) is 10.9 Å². The van der Waals surface area contributed by atoms with Gasteiger partial charge in [-0.1, -0.05) is 48.5 Å². The highest BCUT2D eigenvalue weighted by Crippen LogP contribution is 2.27. The number of nitrogens with zero attached hydrogens (tertiary/aromatic N) is 2. The molecule has 0 spiro atoms. The molecule has 0 N–H and O–H groups in total. The quantitative estimate of drug-likeness (QED) is 0.457. The lowest BCUT2D eigenvalue weighted by Crippen LogP contribution is -1.94. The van der Waals surface area contributed by atoms with Gasteiger partial charge in [0.2, 0.25) is 0 Å². The third-order valence-electron chi connectivity index (χ3n) is 3.75. The zero-order chi connectivity index (χ0) is 16.9. The van der Waals surface area contributed by atoms with Crippen LogP contribution in [0.3, 0.4) is 0 Å². The molecule has 0 amide bonds. The van der Waals surface area contributed by atoms with Crippen LogP contribution in [0.15, 0.2) is 95.1 Å². The van der Waals surface area contributed by atoms with Crippen molar-refractivity contribution in [2.75, 3.05) is 0 Å². The maximum absolute atomic E-state index is 5.81. The molecule has 0 aliphatic heterocycles. The van der Waals surface area contributed by atoms with E-state index in [1.807, 2.05) is 72.9 Å². The number of hydrogen-bond donors (Lipinski definition) is 0. The van der Waals surface area contributed by atoms with Gasteiger partial charge in [0.05, 0.1) is 5.52 Å². The standard InChI is InChI=1S/C21H16N2OS/c1-2-6-16(7-3-1)15-24-18-10-12-19(13-11-18)25-21-22-14-17-8-4-5-9-20(17)23-21/h1-14H,15H2. The molecule has 4 rings (SSSR count). The first kappa shape index (κ1) is 15.7. The fraction of sp³-hybridized carbons (Fsp3) is 0.0476. The van der Waals surface area contributed by atoms with Crippen LogP contribution in [-0.4, -0.2) is 9.97 Å². The van der Waals surface area contributed by atoms with Gasteiger partial charge in [0.25, 0.3) is 0 Å². The van der Waals surface area contributed by atoms with E-state index in [1.54, 1.807) is 11.8 Å². The molecule has 0 unspecified atom stereocenters. The van der Waals surface area contributed by atoms with Gasteiger partial charge in [0, 0.05) is 16.5 Å². The third kappa shape index (κ3) is 3.98. The highest BCUT2D eigenvalue weighted by molar-refractivity contribution is 7.99. The predicted octanol–water partition coefficient (Wildman–Crippen LogP) is 5.36. The van der Waals surface area contributed by atoms with Gasteiger partial charge in [-0.2, -0.15) is 0 Å². The minimum atomic E-state index is 0.571. The molecule has 4 heteroatoms. The van der Waals surface area contributed by atoms with Gasteiger partial charge >= 0.3 is 0 Å². The number of benzene rings is 3. The molecular formula is C21H16N2OS. The Bertz CT molecular complexity index is 972. The Morgan fingerprint density at radius 3 is 2.40 bits per heavy atom. The topological polar surface area (TPSA) is 35.0 Å². The van der Waals surface area contributed by atoms with Crippen LogP contribution in [0.4, 0.5) is 0 Å². The van der Waals surface area contributed by atoms with Gasteiger partial charge in [-0.25, -0.2) is 9.97 Å². The summed E-state index contributed by atoms with van der Waals surface area (Å²) in [7, 11) is 0. The largest absolute Gasteiger partial charge is 0.489 e. The Morgan fingerprint density at radius 2 is 1.56 bits per heavy atom. The van der Waals surface area contributed by atoms with Crippen LogP contribution in [0, 0.1) is 0 Å². The summed E-state index contributed by atoms with van der Waals surface area (Å²) in [4.78, 5) is 10.1. The van der Waals surface area contributed by atoms with E-state index in [4.69, 9.17) is 4.74 Å². The Hall–Kier alpha value is -2.85. The summed E-state index contributed by atoms with van der Waals surface area (Å²) in [6, 6.07) is 26.2. The fourth-order valence-electron chi connectivity index (χ4n) is 2.45. The van der Waals surface area contributed by atoms with Gasteiger partial charge in [0.1, 0.15) is 12.4 Å². The molecular weight excluding hydrogens is 328 g/mol. The molecule has 3 nitrogen and oxygen atoms in total. The molecule has 4 aromatic rings. The second kappa shape index (κ2) is 7.36. The lowest BCUT2D eigenvalue weighted by molar-refractivity contribution is 0.306. The van der Waals surface area contributed by atoms with Crippen LogP contribution in [0.5, 0.6) is 5.75 Å². The third-order valence-corrected chi connectivity index (χ3v) is 4.64. The second-order valence-corrected chi connectivity index (χ2v) is 6.60. The summed E-state index contributed by atoms with van der Waals surface area (Å²) >= 11 is 1.55. The van der Waals surface area contributed by atoms with Crippen molar-refractivity contribution in [2.45, 2.75) is 16.7 Å². The molecule has 0 fully saturated rings. The average molecular weight is 344 g/mol. The maximum atomic E-state index is 5.81. The number of ether oxygens (including phenoxy) is 1. The normalized spacial score (nSPS) is 10.7. The van der Waals surface area contributed by atoms with Crippen molar-refractivity contribution < 1.29 is 4.74 Å². The van der Waals surface area contributed by atoms with Gasteiger partial charge in [-0.15, -0.1) is 0 Å². The summed E-state index contributed by atoms with van der Waals surface area (Å²) < 4.78 is 5.81. The summed E-state index contributed by atoms with van der Waals surface area (Å²) in [5, 5.41) is 1.80. The van der Waals surface area contributed by atoms with Crippen molar-refractivity contribution >= 4 is 22.7 Å². The smallest absolute Gasteiger partial charge is 0.192 e. The molecule has 3 aromatic carbocycles. The van der Waals surface area contributed by atoms with Crippen LogP contribution in [0.2, 0.25) is 0 Å². The van der Waals surface area contributed by atoms with E-state index in [-0.39, 0.29) is 0 Å². The number of para-hydroxylation sites is 1. The van der Waals surface area contributed by atoms with Crippen molar-refractivity contribution in [3.63, 3.8) is 0 Å². The Labute approximate surface area is 150 Å². The first-order chi connectivity index (χ1) is 12.4. The lowest BCUT2D eigenvalue weighted by atomic mass is 10.2. The first-order valence-corrected chi connectivity index (χ1v) is 8.85. The number of fused-ring (bicyclic) bond motifs is 1. The maximum Gasteiger partial charge on any atom is 0.192 e. The highest BCUT2D eigenvalue weighted by atomic mass is 32.2. The van der Waals surface area contributed by atoms with Gasteiger partial charge in [-0.05, 0) is 47.7 Å². The van der Waals surface area contributed by atoms with Gasteiger partial charge in [0.15, 0.2) is 5.16 Å². The molecule has 0 aliphatic carbocycles. The summed E-state index contributed by atoms with van der Waals surface area (Å²) in [6.45, 7) is 0.571. The van der Waals surface area contributed by atoms with Crippen molar-refractivity contribution in [3.8, 4) is 5.75 Å². The van der Waals surface area contributed by atoms with E-state index < -0.39 is 0 Å². The highest BCUT2D eigenvalue weighted by Gasteiger charge is 2.03. The molecule has 0 radical (unpaired) electrons. The van der Waals surface area contributed by atoms with Gasteiger partial charge < -0.3 is 4.74 Å². The van der Waals surface area contributed by atoms with E-state index in [2.05, 4.69) is 22.1 Å². The van der Waals surface area contributed by atoms with Crippen molar-refractivity contribution in [3.05, 3.63) is 90.6 Å². The second-order valence-electron chi connectivity index (χ2n) is 5.56. The Morgan fingerprint density at radius 1 is 0.800 bits per heavy atom. The lowest BCUT2D eigenvalue weighted by Gasteiger charge is -2.07. The van der Waals surface area contributed by atoms with E-state index in [9.17, 15) is 0 Å². The summed E-state index contributed by atoms with van der Waals surface area (Å²) in [5.41, 5.74) is 2.12. The van der Waals surface area contributed by atoms with E-state index >= 15 is 0 Å². The summed E-state index contributed by atoms with van der Waals surface area (Å²) in [6.07, 6.45) is 1.86. The molecule has 1 heterocycles. The molecule has 0 aliphatic rings. The number of aromatic nitrogens is 2. The Kier molecular flexibility index (Phi) is 4.61. The molecule has 122 valence electrons. The van der Waals surface area contributed by atoms with E-state index in [1.165, 1.54) is 0 Å². The van der Waals surface area contributed by atoms with Gasteiger partial charge in [-0.3, -0.25) is 0 Å². The molecule has 0 bridgehead atoms. The van der Waals surface area contributed by atoms with Crippen molar-refractivity contribution in [1.82, 2.24) is 9.97 Å².